The van der Waals surface area contributed by atoms with Crippen molar-refractivity contribution >= 4 is 23.6 Å². The molecule has 1 saturated heterocycles. The summed E-state index contributed by atoms with van der Waals surface area (Å²) < 4.78 is 5.77. The molecule has 0 saturated carbocycles. The van der Waals surface area contributed by atoms with Crippen LogP contribution >= 0.6 is 0 Å². The highest BCUT2D eigenvalue weighted by atomic mass is 16.5. The third kappa shape index (κ3) is 4.19. The Morgan fingerprint density at radius 3 is 2.28 bits per heavy atom. The van der Waals surface area contributed by atoms with Gasteiger partial charge in [-0.3, -0.25) is 15.0 Å². The third-order valence-corrected chi connectivity index (χ3v) is 4.62. The Bertz CT molecular complexity index is 1060. The van der Waals surface area contributed by atoms with Crippen molar-refractivity contribution in [2.75, 3.05) is 5.01 Å². The van der Waals surface area contributed by atoms with Crippen LogP contribution in [-0.2, 0) is 16.2 Å². The second-order valence-corrected chi connectivity index (χ2v) is 6.82. The predicted molar refractivity (Wildman–Crippen MR) is 112 cm³/mol. The number of hydrogen-bond donors (Lipinski definition) is 1. The first-order valence-corrected chi connectivity index (χ1v) is 9.31. The topological polar surface area (TPSA) is 58.6 Å². The smallest absolute Gasteiger partial charge is 0.282 e. The zero-order valence-electron chi connectivity index (χ0n) is 16.0. The highest BCUT2D eigenvalue weighted by Gasteiger charge is 2.34. The highest BCUT2D eigenvalue weighted by Crippen LogP contribution is 2.23. The number of amides is 2. The molecule has 1 heterocycles. The molecular weight excluding hydrogens is 364 g/mol. The van der Waals surface area contributed by atoms with E-state index in [1.165, 1.54) is 5.01 Å². The number of rotatable bonds is 5. The average Bonchev–Trinajstić information content (AvgIpc) is 3.03. The van der Waals surface area contributed by atoms with E-state index in [-0.39, 0.29) is 11.5 Å². The third-order valence-electron chi connectivity index (χ3n) is 4.62. The molecule has 4 rings (SSSR count). The largest absolute Gasteiger partial charge is 0.489 e. The fraction of sp³-hybridized carbons (Fsp3) is 0.0833. The molecule has 5 heteroatoms. The van der Waals surface area contributed by atoms with E-state index in [0.29, 0.717) is 12.3 Å². The highest BCUT2D eigenvalue weighted by molar-refractivity contribution is 6.31. The Hall–Kier alpha value is -3.86. The summed E-state index contributed by atoms with van der Waals surface area (Å²) in [6.45, 7) is 2.44. The summed E-state index contributed by atoms with van der Waals surface area (Å²) in [7, 11) is 0. The van der Waals surface area contributed by atoms with Crippen LogP contribution in [0.4, 0.5) is 5.69 Å². The second kappa shape index (κ2) is 8.02. The summed E-state index contributed by atoms with van der Waals surface area (Å²) in [5.74, 6) is -0.0669. The van der Waals surface area contributed by atoms with Crippen LogP contribution in [0, 0.1) is 6.92 Å². The van der Waals surface area contributed by atoms with Crippen LogP contribution in [0.2, 0.25) is 0 Å². The first-order chi connectivity index (χ1) is 14.1. The molecule has 0 atom stereocenters. The van der Waals surface area contributed by atoms with E-state index < -0.39 is 5.91 Å². The molecule has 2 amide bonds. The van der Waals surface area contributed by atoms with Gasteiger partial charge in [0.05, 0.1) is 5.69 Å². The number of hydrazine groups is 1. The lowest BCUT2D eigenvalue weighted by Gasteiger charge is -2.14. The quantitative estimate of drug-likeness (QED) is 0.534. The van der Waals surface area contributed by atoms with Crippen molar-refractivity contribution in [1.29, 1.82) is 0 Å². The molecule has 29 heavy (non-hydrogen) atoms. The van der Waals surface area contributed by atoms with Crippen LogP contribution in [0.5, 0.6) is 5.75 Å². The number of carbonyl (C=O) groups is 2. The number of hydrogen-bond acceptors (Lipinski definition) is 3. The molecule has 0 spiro atoms. The van der Waals surface area contributed by atoms with E-state index in [4.69, 9.17) is 4.74 Å². The van der Waals surface area contributed by atoms with E-state index in [1.54, 1.807) is 18.2 Å². The number of anilines is 1. The van der Waals surface area contributed by atoms with Crippen LogP contribution in [0.1, 0.15) is 16.7 Å². The van der Waals surface area contributed by atoms with E-state index in [9.17, 15) is 9.59 Å². The molecule has 3 aromatic carbocycles. The van der Waals surface area contributed by atoms with Crippen LogP contribution in [0.15, 0.2) is 84.4 Å². The van der Waals surface area contributed by atoms with Crippen LogP contribution in [0.25, 0.3) is 6.08 Å². The van der Waals surface area contributed by atoms with Crippen molar-refractivity contribution in [1.82, 2.24) is 5.43 Å². The first-order valence-electron chi connectivity index (χ1n) is 9.31. The second-order valence-electron chi connectivity index (χ2n) is 6.82. The Balaban J connectivity index is 1.46. The Labute approximate surface area is 169 Å². The van der Waals surface area contributed by atoms with E-state index >= 15 is 0 Å². The lowest BCUT2D eigenvalue weighted by molar-refractivity contribution is -0.117. The number of carbonyl (C=O) groups excluding carboxylic acids is 2. The molecule has 1 fully saturated rings. The number of ether oxygens (including phenoxy) is 1. The fourth-order valence-electron chi connectivity index (χ4n) is 3.00. The van der Waals surface area contributed by atoms with Crippen LogP contribution in [-0.4, -0.2) is 11.8 Å². The summed E-state index contributed by atoms with van der Waals surface area (Å²) in [6.07, 6.45) is 1.59. The zero-order chi connectivity index (χ0) is 20.2. The SMILES string of the molecule is Cc1ccc(N2NC(=O)/C(=C\c3ccc(OCc4ccccc4)cc3)C2=O)cc1. The molecule has 1 N–H and O–H groups in total. The van der Waals surface area contributed by atoms with Crippen molar-refractivity contribution in [2.45, 2.75) is 13.5 Å². The Kier molecular flexibility index (Phi) is 5.12. The summed E-state index contributed by atoms with van der Waals surface area (Å²) in [4.78, 5) is 25.0. The number of benzene rings is 3. The first kappa shape index (κ1) is 18.5. The minimum absolute atomic E-state index is 0.100. The summed E-state index contributed by atoms with van der Waals surface area (Å²) in [6, 6.07) is 24.6. The lowest BCUT2D eigenvalue weighted by atomic mass is 10.1. The molecule has 0 bridgehead atoms. The van der Waals surface area contributed by atoms with Gasteiger partial charge in [-0.2, -0.15) is 0 Å². The maximum Gasteiger partial charge on any atom is 0.282 e. The molecule has 0 aliphatic carbocycles. The van der Waals surface area contributed by atoms with Crippen molar-refractivity contribution in [3.63, 3.8) is 0 Å². The molecule has 5 nitrogen and oxygen atoms in total. The molecule has 144 valence electrons. The van der Waals surface area contributed by atoms with Crippen LogP contribution in [0.3, 0.4) is 0 Å². The predicted octanol–water partition coefficient (Wildman–Crippen LogP) is 4.04. The standard InChI is InChI=1S/C24H20N2O3/c1-17-7-11-20(12-8-17)26-24(28)22(23(27)25-26)15-18-9-13-21(14-10-18)29-16-19-5-3-2-4-6-19/h2-15H,16H2,1H3,(H,25,27)/b22-15+. The minimum Gasteiger partial charge on any atom is -0.489 e. The summed E-state index contributed by atoms with van der Waals surface area (Å²) in [5, 5.41) is 1.27. The molecule has 1 aliphatic heterocycles. The Morgan fingerprint density at radius 1 is 0.897 bits per heavy atom. The maximum atomic E-state index is 12.7. The maximum absolute atomic E-state index is 12.7. The van der Waals surface area contributed by atoms with Gasteiger partial charge in [0.2, 0.25) is 0 Å². The lowest BCUT2D eigenvalue weighted by Crippen LogP contribution is -2.35. The Morgan fingerprint density at radius 2 is 1.59 bits per heavy atom. The average molecular weight is 384 g/mol. The van der Waals surface area contributed by atoms with Gasteiger partial charge in [-0.1, -0.05) is 60.2 Å². The number of nitrogens with zero attached hydrogens (tertiary/aromatic N) is 1. The molecule has 0 unspecified atom stereocenters. The molecular formula is C24H20N2O3. The van der Waals surface area contributed by atoms with Crippen molar-refractivity contribution in [3.8, 4) is 5.75 Å². The number of aryl methyl sites for hydroxylation is 1. The zero-order valence-corrected chi connectivity index (χ0v) is 16.0. The van der Waals surface area contributed by atoms with Gasteiger partial charge >= 0.3 is 0 Å². The van der Waals surface area contributed by atoms with E-state index in [2.05, 4.69) is 5.43 Å². The molecule has 1 aliphatic rings. The van der Waals surface area contributed by atoms with Gasteiger partial charge in [0.25, 0.3) is 11.8 Å². The minimum atomic E-state index is -0.417. The summed E-state index contributed by atoms with van der Waals surface area (Å²) >= 11 is 0. The van der Waals surface area contributed by atoms with Gasteiger partial charge in [0.1, 0.15) is 17.9 Å². The molecule has 0 aromatic heterocycles. The molecule has 3 aromatic rings. The monoisotopic (exact) mass is 384 g/mol. The van der Waals surface area contributed by atoms with Crippen molar-refractivity contribution in [2.24, 2.45) is 0 Å². The van der Waals surface area contributed by atoms with E-state index in [1.807, 2.05) is 73.7 Å². The fourth-order valence-corrected chi connectivity index (χ4v) is 3.00. The van der Waals surface area contributed by atoms with Crippen molar-refractivity contribution in [3.05, 3.63) is 101 Å². The van der Waals surface area contributed by atoms with Gasteiger partial charge in [-0.25, -0.2) is 5.01 Å². The normalized spacial score (nSPS) is 14.9. The van der Waals surface area contributed by atoms with Gasteiger partial charge in [-0.15, -0.1) is 0 Å². The van der Waals surface area contributed by atoms with Gasteiger partial charge in [0, 0.05) is 0 Å². The number of nitrogens with one attached hydrogen (secondary N) is 1. The van der Waals surface area contributed by atoms with E-state index in [0.717, 1.165) is 22.4 Å². The van der Waals surface area contributed by atoms with Gasteiger partial charge in [-0.05, 0) is 48.4 Å². The van der Waals surface area contributed by atoms with Gasteiger partial charge in [0.15, 0.2) is 0 Å². The molecule has 0 radical (unpaired) electrons. The van der Waals surface area contributed by atoms with Crippen molar-refractivity contribution < 1.29 is 14.3 Å². The van der Waals surface area contributed by atoms with Crippen LogP contribution < -0.4 is 15.2 Å². The summed E-state index contributed by atoms with van der Waals surface area (Å²) in [5.41, 5.74) is 6.26. The van der Waals surface area contributed by atoms with Gasteiger partial charge < -0.3 is 4.74 Å².